The Balaban J connectivity index is 1.31. The first kappa shape index (κ1) is 35.4. The summed E-state index contributed by atoms with van der Waals surface area (Å²) in [5.41, 5.74) is -3.23. The topological polar surface area (TPSA) is 198 Å². The minimum atomic E-state index is -2.05. The number of esters is 3. The molecule has 278 valence electrons. The summed E-state index contributed by atoms with van der Waals surface area (Å²) in [7, 11) is 0.967. The Bertz CT molecular complexity index is 1930. The van der Waals surface area contributed by atoms with Crippen LogP contribution >= 0.6 is 0 Å². The van der Waals surface area contributed by atoms with Gasteiger partial charge in [0.1, 0.15) is 29.1 Å². The highest BCUT2D eigenvalue weighted by molar-refractivity contribution is 5.99. The van der Waals surface area contributed by atoms with Crippen LogP contribution < -0.4 is 15.5 Å². The molecular weight excluding hydrogens is 703 g/mol. The quantitative estimate of drug-likeness (QED) is 0.280. The van der Waals surface area contributed by atoms with Crippen LogP contribution in [0.5, 0.6) is 5.75 Å². The number of benzene rings is 1. The fraction of sp³-hybridized carbons (Fsp3) is 0.515. The number of carbonyl (C=O) groups excluding carboxylic acids is 5. The molecule has 2 amide bonds. The molecule has 2 aliphatic carbocycles. The van der Waals surface area contributed by atoms with Crippen molar-refractivity contribution in [2.75, 3.05) is 7.11 Å². The van der Waals surface area contributed by atoms with E-state index in [1.807, 2.05) is 0 Å². The van der Waals surface area contributed by atoms with Crippen molar-refractivity contribution >= 4 is 29.7 Å². The van der Waals surface area contributed by atoms with Crippen LogP contribution in [0, 0.1) is 22.9 Å². The van der Waals surface area contributed by atoms with Gasteiger partial charge in [-0.15, -0.1) is 0 Å². The smallest absolute Gasteiger partial charge is 0.338 e. The summed E-state index contributed by atoms with van der Waals surface area (Å²) in [5, 5.41) is 13.2. The number of pyridine rings is 1. The predicted octanol–water partition coefficient (Wildman–Crippen LogP) is 0.430. The lowest BCUT2D eigenvalue weighted by Crippen LogP contribution is -2.64. The van der Waals surface area contributed by atoms with Gasteiger partial charge < -0.3 is 48.3 Å². The number of rotatable bonds is 8. The lowest BCUT2D eigenvalue weighted by atomic mass is 9.76. The van der Waals surface area contributed by atoms with Crippen molar-refractivity contribution in [3.8, 4) is 5.75 Å². The molecule has 2 saturated heterocycles. The van der Waals surface area contributed by atoms with E-state index in [-0.39, 0.29) is 29.8 Å². The first-order valence-electron chi connectivity index (χ1n) is 16.2. The number of amides is 2. The van der Waals surface area contributed by atoms with Crippen molar-refractivity contribution in [2.24, 2.45) is 5.41 Å². The second-order valence-corrected chi connectivity index (χ2v) is 13.2. The molecule has 9 atom stereocenters. The number of fused-ring (bicyclic) bond motifs is 3. The molecule has 1 aromatic heterocycles. The number of halogens is 3. The van der Waals surface area contributed by atoms with Crippen molar-refractivity contribution in [3.05, 3.63) is 62.8 Å². The molecule has 2 aromatic rings. The number of methoxy groups -OCH3 is 1. The number of nitrogens with zero attached hydrogens (tertiary/aromatic N) is 2. The maximum Gasteiger partial charge on any atom is 0.338 e. The molecule has 2 N–H and O–H groups in total. The van der Waals surface area contributed by atoms with Gasteiger partial charge in [0, 0.05) is 55.7 Å². The van der Waals surface area contributed by atoms with Gasteiger partial charge in [-0.05, 0) is 19.3 Å². The fourth-order valence-corrected chi connectivity index (χ4v) is 7.55. The van der Waals surface area contributed by atoms with Gasteiger partial charge in [-0.3, -0.25) is 24.0 Å². The normalized spacial score (nSPS) is 31.1. The van der Waals surface area contributed by atoms with E-state index in [2.05, 4.69) is 5.32 Å². The number of aliphatic hydroxyl groups excluding tert-OH is 1. The Hall–Kier alpha value is -5.01. The molecule has 3 aliphatic heterocycles. The molecule has 5 aliphatic rings. The summed E-state index contributed by atoms with van der Waals surface area (Å²) in [5.74, 6) is -9.67. The van der Waals surface area contributed by atoms with Gasteiger partial charge >= 0.3 is 17.9 Å². The van der Waals surface area contributed by atoms with Gasteiger partial charge in [0.25, 0.3) is 11.8 Å². The van der Waals surface area contributed by atoms with E-state index in [9.17, 15) is 47.0 Å². The van der Waals surface area contributed by atoms with Crippen LogP contribution in [0.25, 0.3) is 0 Å². The van der Waals surface area contributed by atoms with Gasteiger partial charge in [0.15, 0.2) is 24.1 Å². The molecular formula is C33H32F3N3O13. The summed E-state index contributed by atoms with van der Waals surface area (Å²) in [6.07, 6.45) is -7.21. The highest BCUT2D eigenvalue weighted by Gasteiger charge is 2.72. The lowest BCUT2D eigenvalue weighted by Gasteiger charge is -2.51. The minimum Gasteiger partial charge on any atom is -0.467 e. The third kappa shape index (κ3) is 5.76. The van der Waals surface area contributed by atoms with E-state index in [0.29, 0.717) is 18.6 Å². The molecule has 1 aromatic carbocycles. The van der Waals surface area contributed by atoms with Crippen LogP contribution in [0.3, 0.4) is 0 Å². The Kier molecular flexibility index (Phi) is 8.77. The minimum absolute atomic E-state index is 0.0912. The number of aliphatic hydroxyl groups is 1. The first-order valence-corrected chi connectivity index (χ1v) is 16.2. The molecule has 7 rings (SSSR count). The summed E-state index contributed by atoms with van der Waals surface area (Å²) in [6.45, 7) is 1.02. The molecule has 19 heteroatoms. The molecule has 4 fully saturated rings. The van der Waals surface area contributed by atoms with Crippen LogP contribution in [0.15, 0.2) is 23.1 Å². The van der Waals surface area contributed by atoms with Crippen molar-refractivity contribution in [1.29, 1.82) is 0 Å². The summed E-state index contributed by atoms with van der Waals surface area (Å²) in [4.78, 5) is 80.4. The van der Waals surface area contributed by atoms with E-state index in [1.165, 1.54) is 9.47 Å². The standard InChI is InChI=1S/C33H32F3N3O13/c1-12(40)48-26-24(43)27(31(46)47-3)52-32(28(26)49-13(2)41)51-25-22-30(45)39-19-8-33(19)5-4-20(33)50-21(39)11-38(22)10-16(23(25)42)29(44)37-9-15-17(35)6-14(34)7-18(15)36/h6-7,10,19-21,24,26-28,32,43H,4-5,8-9,11H2,1-3H3,(H,37,44)/t19-,20-,21-,24+,26+,27+,28-,32-,33?/m1/s1. The number of hydrogen-bond acceptors (Lipinski definition) is 13. The van der Waals surface area contributed by atoms with Gasteiger partial charge in [-0.2, -0.15) is 0 Å². The van der Waals surface area contributed by atoms with Gasteiger partial charge in [0.05, 0.1) is 19.8 Å². The highest BCUT2D eigenvalue weighted by Crippen LogP contribution is 2.67. The third-order valence-electron chi connectivity index (χ3n) is 10.2. The van der Waals surface area contributed by atoms with E-state index in [4.69, 9.17) is 28.4 Å². The fourth-order valence-electron chi connectivity index (χ4n) is 7.55. The summed E-state index contributed by atoms with van der Waals surface area (Å²) >= 11 is 0. The number of hydrogen-bond donors (Lipinski definition) is 2. The van der Waals surface area contributed by atoms with Crippen molar-refractivity contribution in [3.63, 3.8) is 0 Å². The monoisotopic (exact) mass is 735 g/mol. The summed E-state index contributed by atoms with van der Waals surface area (Å²) in [6, 6.07) is 0.617. The predicted molar refractivity (Wildman–Crippen MR) is 162 cm³/mol. The molecule has 4 heterocycles. The third-order valence-corrected chi connectivity index (χ3v) is 10.2. The SMILES string of the molecule is COC(=O)[C@H]1O[C@@H](Oc2c3n(cc(C(=O)NCc4c(F)cc(F)cc4F)c2=O)C[C@H]2O[C@@H]4CCC45C[C@H]5N2C3=O)[C@H](OC(C)=O)[C@@H](OC(C)=O)[C@@H]1O. The van der Waals surface area contributed by atoms with Crippen LogP contribution in [0.2, 0.25) is 0 Å². The van der Waals surface area contributed by atoms with E-state index >= 15 is 0 Å². The number of carbonyl (C=O) groups is 5. The second kappa shape index (κ2) is 12.9. The average molecular weight is 736 g/mol. The Morgan fingerprint density at radius 3 is 2.33 bits per heavy atom. The van der Waals surface area contributed by atoms with Crippen LogP contribution in [-0.4, -0.2) is 100 Å². The maximum atomic E-state index is 14.4. The number of aromatic nitrogens is 1. The Morgan fingerprint density at radius 1 is 1.04 bits per heavy atom. The maximum absolute atomic E-state index is 14.4. The molecule has 1 spiro atoms. The first-order chi connectivity index (χ1) is 24.6. The molecule has 2 saturated carbocycles. The van der Waals surface area contributed by atoms with Crippen LogP contribution in [0.4, 0.5) is 13.2 Å². The zero-order valence-corrected chi connectivity index (χ0v) is 27.8. The lowest BCUT2D eigenvalue weighted by molar-refractivity contribution is -0.280. The zero-order chi connectivity index (χ0) is 37.4. The van der Waals surface area contributed by atoms with E-state index < -0.39 is 113 Å². The van der Waals surface area contributed by atoms with Crippen LogP contribution in [0.1, 0.15) is 59.5 Å². The molecule has 52 heavy (non-hydrogen) atoms. The highest BCUT2D eigenvalue weighted by atomic mass is 19.1. The number of nitrogens with one attached hydrogen (secondary N) is 1. The Labute approximate surface area is 291 Å². The molecule has 16 nitrogen and oxygen atoms in total. The molecule has 0 bridgehead atoms. The number of ether oxygens (including phenoxy) is 6. The Morgan fingerprint density at radius 2 is 1.71 bits per heavy atom. The van der Waals surface area contributed by atoms with Gasteiger partial charge in [0.2, 0.25) is 23.6 Å². The average Bonchev–Trinajstić information content (AvgIpc) is 3.84. The zero-order valence-electron chi connectivity index (χ0n) is 27.8. The molecule has 1 unspecified atom stereocenters. The van der Waals surface area contributed by atoms with Crippen molar-refractivity contribution in [2.45, 2.75) is 95.3 Å². The second-order valence-electron chi connectivity index (χ2n) is 13.2. The van der Waals surface area contributed by atoms with E-state index in [1.54, 1.807) is 0 Å². The van der Waals surface area contributed by atoms with Crippen LogP contribution in [-0.2, 0) is 51.2 Å². The van der Waals surface area contributed by atoms with E-state index in [0.717, 1.165) is 40.0 Å². The van der Waals surface area contributed by atoms with Gasteiger partial charge in [-0.25, -0.2) is 18.0 Å². The van der Waals surface area contributed by atoms with Gasteiger partial charge in [-0.1, -0.05) is 0 Å². The molecule has 0 radical (unpaired) electrons. The largest absolute Gasteiger partial charge is 0.467 e. The van der Waals surface area contributed by atoms with Crippen molar-refractivity contribution < 1.29 is 70.7 Å². The summed E-state index contributed by atoms with van der Waals surface area (Å²) < 4.78 is 76.5. The van der Waals surface area contributed by atoms with Crippen molar-refractivity contribution in [1.82, 2.24) is 14.8 Å².